The molecule has 0 aliphatic rings. The Morgan fingerprint density at radius 3 is 2.72 bits per heavy atom. The van der Waals surface area contributed by atoms with Crippen molar-refractivity contribution in [3.8, 4) is 0 Å². The molecule has 0 atom stereocenters. The van der Waals surface area contributed by atoms with Crippen molar-refractivity contribution in [2.24, 2.45) is 0 Å². The van der Waals surface area contributed by atoms with Gasteiger partial charge >= 0.3 is 0 Å². The van der Waals surface area contributed by atoms with Gasteiger partial charge < -0.3 is 10.3 Å². The molecule has 0 aliphatic carbocycles. The Hall–Kier alpha value is -2.22. The summed E-state index contributed by atoms with van der Waals surface area (Å²) in [4.78, 5) is 0. The molecule has 2 heteroatoms. The maximum absolute atomic E-state index is 5.80. The van der Waals surface area contributed by atoms with Gasteiger partial charge in [0.15, 0.2) is 0 Å². The molecule has 0 bridgehead atoms. The monoisotopic (exact) mass is 236 g/mol. The molecule has 0 fully saturated rings. The smallest absolute Gasteiger partial charge is 0.0484 e. The van der Waals surface area contributed by atoms with Crippen LogP contribution in [0.25, 0.3) is 10.9 Å². The van der Waals surface area contributed by atoms with Gasteiger partial charge in [-0.1, -0.05) is 24.3 Å². The summed E-state index contributed by atoms with van der Waals surface area (Å²) in [6, 6.07) is 16.7. The summed E-state index contributed by atoms with van der Waals surface area (Å²) in [7, 11) is 0. The van der Waals surface area contributed by atoms with Crippen molar-refractivity contribution >= 4 is 16.6 Å². The van der Waals surface area contributed by atoms with Crippen molar-refractivity contribution in [3.63, 3.8) is 0 Å². The number of nitrogens with zero attached hydrogens (tertiary/aromatic N) is 1. The Balaban J connectivity index is 2.03. The number of nitrogen functional groups attached to an aromatic ring is 1. The Kier molecular flexibility index (Phi) is 2.56. The highest BCUT2D eigenvalue weighted by molar-refractivity contribution is 5.83. The molecular formula is C16H16N2. The highest BCUT2D eigenvalue weighted by atomic mass is 14.9. The minimum atomic E-state index is 0.816. The molecule has 90 valence electrons. The van der Waals surface area contributed by atoms with Crippen molar-refractivity contribution in [2.75, 3.05) is 5.73 Å². The Morgan fingerprint density at radius 1 is 1.06 bits per heavy atom. The molecule has 1 aromatic heterocycles. The standard InChI is InChI=1S/C16H16N2/c1-12-4-2-3-5-14(12)11-18-9-8-13-10-15(17)6-7-16(13)18/h2-10H,11,17H2,1H3. The number of rotatable bonds is 2. The van der Waals surface area contributed by atoms with Crippen LogP contribution in [0.4, 0.5) is 5.69 Å². The summed E-state index contributed by atoms with van der Waals surface area (Å²) in [6.07, 6.45) is 2.12. The van der Waals surface area contributed by atoms with Crippen LogP contribution in [0.3, 0.4) is 0 Å². The lowest BCUT2D eigenvalue weighted by molar-refractivity contribution is 0.830. The molecule has 3 aromatic rings. The van der Waals surface area contributed by atoms with Crippen molar-refractivity contribution in [1.82, 2.24) is 4.57 Å². The van der Waals surface area contributed by atoms with Gasteiger partial charge in [0, 0.05) is 29.3 Å². The molecule has 0 saturated heterocycles. The van der Waals surface area contributed by atoms with Crippen LogP contribution in [0.2, 0.25) is 0 Å². The van der Waals surface area contributed by atoms with Crippen LogP contribution in [0.5, 0.6) is 0 Å². The molecule has 0 amide bonds. The number of benzene rings is 2. The number of nitrogens with two attached hydrogens (primary N) is 1. The average Bonchev–Trinajstić information content (AvgIpc) is 2.74. The van der Waals surface area contributed by atoms with Gasteiger partial charge in [-0.05, 0) is 42.3 Å². The van der Waals surface area contributed by atoms with E-state index < -0.39 is 0 Å². The first kappa shape index (κ1) is 10.9. The van der Waals surface area contributed by atoms with E-state index in [1.165, 1.54) is 22.0 Å². The molecule has 1 heterocycles. The van der Waals surface area contributed by atoms with Crippen molar-refractivity contribution < 1.29 is 0 Å². The van der Waals surface area contributed by atoms with Crippen LogP contribution in [-0.4, -0.2) is 4.57 Å². The lowest BCUT2D eigenvalue weighted by Crippen LogP contribution is -1.99. The van der Waals surface area contributed by atoms with E-state index in [0.29, 0.717) is 0 Å². The third-order valence-electron chi connectivity index (χ3n) is 3.40. The molecule has 2 nitrogen and oxygen atoms in total. The summed E-state index contributed by atoms with van der Waals surface area (Å²) in [5.74, 6) is 0. The van der Waals surface area contributed by atoms with Gasteiger partial charge in [0.1, 0.15) is 0 Å². The van der Waals surface area contributed by atoms with Crippen molar-refractivity contribution in [2.45, 2.75) is 13.5 Å². The summed E-state index contributed by atoms with van der Waals surface area (Å²) >= 11 is 0. The van der Waals surface area contributed by atoms with Crippen LogP contribution in [-0.2, 0) is 6.54 Å². The van der Waals surface area contributed by atoms with E-state index in [1.807, 2.05) is 12.1 Å². The number of aromatic nitrogens is 1. The lowest BCUT2D eigenvalue weighted by Gasteiger charge is -2.08. The van der Waals surface area contributed by atoms with Gasteiger partial charge in [-0.25, -0.2) is 0 Å². The zero-order valence-corrected chi connectivity index (χ0v) is 10.4. The van der Waals surface area contributed by atoms with Crippen molar-refractivity contribution in [3.05, 3.63) is 65.9 Å². The van der Waals surface area contributed by atoms with E-state index in [2.05, 4.69) is 54.1 Å². The SMILES string of the molecule is Cc1ccccc1Cn1ccc2cc(N)ccc21. The van der Waals surface area contributed by atoms with E-state index in [0.717, 1.165) is 12.2 Å². The number of aryl methyl sites for hydroxylation is 1. The third-order valence-corrected chi connectivity index (χ3v) is 3.40. The number of hydrogen-bond acceptors (Lipinski definition) is 1. The molecule has 3 rings (SSSR count). The van der Waals surface area contributed by atoms with E-state index in [-0.39, 0.29) is 0 Å². The second-order valence-electron chi connectivity index (χ2n) is 4.69. The molecule has 2 N–H and O–H groups in total. The Morgan fingerprint density at radius 2 is 1.89 bits per heavy atom. The van der Waals surface area contributed by atoms with Crippen LogP contribution in [0.15, 0.2) is 54.7 Å². The summed E-state index contributed by atoms with van der Waals surface area (Å²) < 4.78 is 2.26. The van der Waals surface area contributed by atoms with Crippen LogP contribution >= 0.6 is 0 Å². The van der Waals surface area contributed by atoms with E-state index >= 15 is 0 Å². The highest BCUT2D eigenvalue weighted by Crippen LogP contribution is 2.20. The fourth-order valence-corrected chi connectivity index (χ4v) is 2.33. The molecule has 0 saturated carbocycles. The topological polar surface area (TPSA) is 30.9 Å². The molecule has 0 radical (unpaired) electrons. The predicted octanol–water partition coefficient (Wildman–Crippen LogP) is 3.58. The third kappa shape index (κ3) is 1.86. The first-order valence-electron chi connectivity index (χ1n) is 6.13. The fraction of sp³-hybridized carbons (Fsp3) is 0.125. The molecule has 2 aromatic carbocycles. The normalized spacial score (nSPS) is 10.9. The minimum absolute atomic E-state index is 0.816. The quantitative estimate of drug-likeness (QED) is 0.677. The van der Waals surface area contributed by atoms with Gasteiger partial charge in [0.2, 0.25) is 0 Å². The lowest BCUT2D eigenvalue weighted by atomic mass is 10.1. The summed E-state index contributed by atoms with van der Waals surface area (Å²) in [5, 5.41) is 1.20. The van der Waals surface area contributed by atoms with E-state index in [1.54, 1.807) is 0 Å². The first-order valence-corrected chi connectivity index (χ1v) is 6.13. The minimum Gasteiger partial charge on any atom is -0.399 e. The van der Waals surface area contributed by atoms with Gasteiger partial charge in [0.25, 0.3) is 0 Å². The Bertz CT molecular complexity index is 695. The molecule has 18 heavy (non-hydrogen) atoms. The first-order chi connectivity index (χ1) is 8.74. The average molecular weight is 236 g/mol. The van der Waals surface area contributed by atoms with Gasteiger partial charge in [-0.3, -0.25) is 0 Å². The largest absolute Gasteiger partial charge is 0.399 e. The maximum atomic E-state index is 5.80. The number of anilines is 1. The number of hydrogen-bond donors (Lipinski definition) is 1. The molecule has 0 spiro atoms. The molecular weight excluding hydrogens is 220 g/mol. The number of fused-ring (bicyclic) bond motifs is 1. The van der Waals surface area contributed by atoms with E-state index in [4.69, 9.17) is 5.73 Å². The summed E-state index contributed by atoms with van der Waals surface area (Å²) in [6.45, 7) is 3.05. The van der Waals surface area contributed by atoms with Gasteiger partial charge in [-0.15, -0.1) is 0 Å². The predicted molar refractivity (Wildman–Crippen MR) is 76.6 cm³/mol. The maximum Gasteiger partial charge on any atom is 0.0484 e. The molecule has 0 unspecified atom stereocenters. The van der Waals surface area contributed by atoms with Gasteiger partial charge in [0.05, 0.1) is 0 Å². The van der Waals surface area contributed by atoms with Crippen LogP contribution in [0.1, 0.15) is 11.1 Å². The Labute approximate surface area is 107 Å². The second-order valence-corrected chi connectivity index (χ2v) is 4.69. The van der Waals surface area contributed by atoms with Crippen LogP contribution in [0, 0.1) is 6.92 Å². The highest BCUT2D eigenvalue weighted by Gasteiger charge is 2.03. The van der Waals surface area contributed by atoms with Crippen molar-refractivity contribution in [1.29, 1.82) is 0 Å². The zero-order valence-electron chi connectivity index (χ0n) is 10.4. The summed E-state index contributed by atoms with van der Waals surface area (Å²) in [5.41, 5.74) is 10.5. The van der Waals surface area contributed by atoms with Crippen LogP contribution < -0.4 is 5.73 Å². The van der Waals surface area contributed by atoms with E-state index in [9.17, 15) is 0 Å². The second kappa shape index (κ2) is 4.22. The van der Waals surface area contributed by atoms with Gasteiger partial charge in [-0.2, -0.15) is 0 Å². The fourth-order valence-electron chi connectivity index (χ4n) is 2.33. The molecule has 0 aliphatic heterocycles. The zero-order chi connectivity index (χ0) is 12.5.